The molecule has 2 atom stereocenters. The number of allylic oxidation sites excluding steroid dienone is 1. The zero-order valence-corrected chi connectivity index (χ0v) is 17.8. The Morgan fingerprint density at radius 3 is 2.44 bits per heavy atom. The molecule has 0 bridgehead atoms. The number of hydrogen-bond donors (Lipinski definition) is 3. The third kappa shape index (κ3) is 4.78. The van der Waals surface area contributed by atoms with Crippen LogP contribution in [0.1, 0.15) is 12.8 Å². The van der Waals surface area contributed by atoms with E-state index in [9.17, 15) is 0 Å². The van der Waals surface area contributed by atoms with Gasteiger partial charge >= 0.3 is 0 Å². The molecule has 4 rings (SSSR count). The minimum atomic E-state index is 0.417. The molecule has 2 N–H and O–H groups in total. The summed E-state index contributed by atoms with van der Waals surface area (Å²) in [6, 6.07) is 15.8. The third-order valence-corrected chi connectivity index (χ3v) is 6.30. The molecule has 0 amide bonds. The Bertz CT molecular complexity index is 979. The maximum atomic E-state index is 4.78. The smallest absolute Gasteiger partial charge is 0.180 e. The van der Waals surface area contributed by atoms with Crippen molar-refractivity contribution >= 4 is 68.9 Å². The fraction of sp³-hybridized carbons (Fsp3) is 0.200. The number of nitrogens with zero attached hydrogens (tertiary/aromatic N) is 2. The van der Waals surface area contributed by atoms with Crippen molar-refractivity contribution in [3.05, 3.63) is 60.7 Å². The van der Waals surface area contributed by atoms with Crippen LogP contribution in [0.2, 0.25) is 0 Å². The lowest BCUT2D eigenvalue weighted by Crippen LogP contribution is -2.12. The van der Waals surface area contributed by atoms with Crippen LogP contribution in [0.4, 0.5) is 17.3 Å². The van der Waals surface area contributed by atoms with Gasteiger partial charge in [-0.3, -0.25) is 0 Å². The van der Waals surface area contributed by atoms with Crippen molar-refractivity contribution < 1.29 is 0 Å². The normalized spacial score (nSPS) is 19.2. The molecule has 4 nitrogen and oxygen atoms in total. The molecule has 0 saturated heterocycles. The summed E-state index contributed by atoms with van der Waals surface area (Å²) in [6.45, 7) is 0. The molecule has 0 spiro atoms. The number of aromatic nitrogens is 2. The monoisotopic (exact) mass is 458 g/mol. The van der Waals surface area contributed by atoms with Gasteiger partial charge in [-0.05, 0) is 55.1 Å². The van der Waals surface area contributed by atoms with Crippen LogP contribution < -0.4 is 10.0 Å². The highest BCUT2D eigenvalue weighted by Crippen LogP contribution is 2.31. The minimum Gasteiger partial charge on any atom is -0.337 e. The van der Waals surface area contributed by atoms with Crippen LogP contribution in [0.15, 0.2) is 65.6 Å². The van der Waals surface area contributed by atoms with Gasteiger partial charge in [0.2, 0.25) is 0 Å². The van der Waals surface area contributed by atoms with Gasteiger partial charge in [-0.25, -0.2) is 9.97 Å². The number of rotatable bonds is 5. The largest absolute Gasteiger partial charge is 0.337 e. The molecule has 0 saturated carbocycles. The Kier molecular flexibility index (Phi) is 5.90. The van der Waals surface area contributed by atoms with Crippen LogP contribution in [0, 0.1) is 0 Å². The van der Waals surface area contributed by atoms with Crippen LogP contribution in [0.25, 0.3) is 11.0 Å². The summed E-state index contributed by atoms with van der Waals surface area (Å²) in [5.74, 6) is 1.44. The van der Waals surface area contributed by atoms with E-state index >= 15 is 0 Å². The highest BCUT2D eigenvalue weighted by Gasteiger charge is 2.16. The quantitative estimate of drug-likeness (QED) is 0.183. The average molecular weight is 459 g/mol. The second-order valence-corrected chi connectivity index (χ2v) is 9.06. The van der Waals surface area contributed by atoms with E-state index in [1.807, 2.05) is 48.5 Å². The van der Waals surface area contributed by atoms with E-state index in [4.69, 9.17) is 9.97 Å². The van der Waals surface area contributed by atoms with E-state index in [1.54, 1.807) is 11.9 Å². The van der Waals surface area contributed by atoms with Crippen molar-refractivity contribution in [3.8, 4) is 0 Å². The lowest BCUT2D eigenvalue weighted by atomic mass is 10.1. The van der Waals surface area contributed by atoms with Gasteiger partial charge in [-0.2, -0.15) is 0 Å². The number of para-hydroxylation sites is 2. The SMILES string of the molecule is Sc1cccc(Nc2nc3ccccc3nc2NSC2C=CC(Br)CC2)c1. The average Bonchev–Trinajstić information content (AvgIpc) is 2.67. The van der Waals surface area contributed by atoms with Gasteiger partial charge in [0, 0.05) is 20.7 Å². The van der Waals surface area contributed by atoms with Crippen molar-refractivity contribution in [2.24, 2.45) is 0 Å². The van der Waals surface area contributed by atoms with E-state index in [-0.39, 0.29) is 0 Å². The van der Waals surface area contributed by atoms with Crippen molar-refractivity contribution in [1.29, 1.82) is 0 Å². The maximum Gasteiger partial charge on any atom is 0.180 e. The number of anilines is 3. The first-order valence-electron chi connectivity index (χ1n) is 8.74. The zero-order chi connectivity index (χ0) is 18.6. The number of thiol groups is 1. The number of nitrogens with one attached hydrogen (secondary N) is 2. The number of hydrogen-bond acceptors (Lipinski definition) is 6. The molecule has 1 aromatic heterocycles. The Labute approximate surface area is 176 Å². The molecular weight excluding hydrogens is 440 g/mol. The number of benzene rings is 2. The van der Waals surface area contributed by atoms with Crippen LogP contribution >= 0.6 is 40.5 Å². The van der Waals surface area contributed by atoms with Crippen LogP contribution in [-0.4, -0.2) is 20.0 Å². The molecule has 0 radical (unpaired) electrons. The number of fused-ring (bicyclic) bond motifs is 1. The molecule has 27 heavy (non-hydrogen) atoms. The van der Waals surface area contributed by atoms with E-state index in [2.05, 4.69) is 50.7 Å². The Morgan fingerprint density at radius 2 is 1.74 bits per heavy atom. The summed E-state index contributed by atoms with van der Waals surface area (Å²) < 4.78 is 3.42. The zero-order valence-electron chi connectivity index (χ0n) is 14.5. The van der Waals surface area contributed by atoms with E-state index in [0.29, 0.717) is 15.9 Å². The van der Waals surface area contributed by atoms with Gasteiger partial charge in [0.1, 0.15) is 0 Å². The van der Waals surface area contributed by atoms with Crippen molar-refractivity contribution in [1.82, 2.24) is 9.97 Å². The van der Waals surface area contributed by atoms with Gasteiger partial charge in [0.15, 0.2) is 11.6 Å². The van der Waals surface area contributed by atoms with E-state index in [1.165, 1.54) is 0 Å². The molecule has 2 unspecified atom stereocenters. The Balaban J connectivity index is 1.61. The van der Waals surface area contributed by atoms with Gasteiger partial charge in [0.05, 0.1) is 11.0 Å². The van der Waals surface area contributed by atoms with Crippen molar-refractivity contribution in [2.45, 2.75) is 27.8 Å². The molecule has 0 fully saturated rings. The molecule has 1 aliphatic rings. The molecule has 3 aromatic rings. The highest BCUT2D eigenvalue weighted by atomic mass is 79.9. The predicted octanol–water partition coefficient (Wildman–Crippen LogP) is 6.20. The maximum absolute atomic E-state index is 4.78. The lowest BCUT2D eigenvalue weighted by Gasteiger charge is -2.20. The molecule has 1 aliphatic carbocycles. The molecule has 138 valence electrons. The third-order valence-electron chi connectivity index (χ3n) is 4.25. The molecule has 2 aromatic carbocycles. The number of halogens is 1. The first-order chi connectivity index (χ1) is 13.2. The fourth-order valence-corrected chi connectivity index (χ4v) is 4.36. The summed E-state index contributed by atoms with van der Waals surface area (Å²) in [7, 11) is 0. The van der Waals surface area contributed by atoms with Gasteiger partial charge in [-0.15, -0.1) is 12.6 Å². The summed E-state index contributed by atoms with van der Waals surface area (Å²) in [5.41, 5.74) is 2.66. The van der Waals surface area contributed by atoms with Crippen molar-refractivity contribution in [3.63, 3.8) is 0 Å². The van der Waals surface area contributed by atoms with Crippen LogP contribution in [-0.2, 0) is 0 Å². The molecule has 0 aliphatic heterocycles. The first-order valence-corrected chi connectivity index (χ1v) is 11.0. The highest BCUT2D eigenvalue weighted by molar-refractivity contribution is 9.09. The van der Waals surface area contributed by atoms with Crippen LogP contribution in [0.3, 0.4) is 0 Å². The topological polar surface area (TPSA) is 49.8 Å². The minimum absolute atomic E-state index is 0.417. The Morgan fingerprint density at radius 1 is 0.963 bits per heavy atom. The van der Waals surface area contributed by atoms with Crippen LogP contribution in [0.5, 0.6) is 0 Å². The fourth-order valence-electron chi connectivity index (χ4n) is 2.87. The summed E-state index contributed by atoms with van der Waals surface area (Å²) in [6.07, 6.45) is 6.72. The number of alkyl halides is 1. The van der Waals surface area contributed by atoms with E-state index in [0.717, 1.165) is 40.3 Å². The molecule has 1 heterocycles. The standard InChI is InChI=1S/C20H19BrN4S2/c21-13-8-10-16(11-9-13)27-25-20-19(22-14-4-3-5-15(26)12-14)23-17-6-1-2-7-18(17)24-20/h1-8,10,12-13,16,26H,9,11H2,(H,22,23)(H,24,25). The summed E-state index contributed by atoms with van der Waals surface area (Å²) in [5, 5.41) is 3.79. The lowest BCUT2D eigenvalue weighted by molar-refractivity contribution is 0.759. The van der Waals surface area contributed by atoms with Gasteiger partial charge in [-0.1, -0.05) is 46.3 Å². The predicted molar refractivity (Wildman–Crippen MR) is 123 cm³/mol. The van der Waals surface area contributed by atoms with E-state index < -0.39 is 0 Å². The second-order valence-electron chi connectivity index (χ2n) is 6.32. The molecule has 7 heteroatoms. The van der Waals surface area contributed by atoms with Gasteiger partial charge < -0.3 is 10.0 Å². The first kappa shape index (κ1) is 18.7. The van der Waals surface area contributed by atoms with Gasteiger partial charge in [0.25, 0.3) is 0 Å². The second kappa shape index (κ2) is 8.54. The molecular formula is C20H19BrN4S2. The summed E-state index contributed by atoms with van der Waals surface area (Å²) in [4.78, 5) is 10.9. The Hall–Kier alpha value is -1.70. The van der Waals surface area contributed by atoms with Crippen molar-refractivity contribution in [2.75, 3.05) is 10.0 Å². The summed E-state index contributed by atoms with van der Waals surface area (Å²) >= 11 is 9.73.